The third kappa shape index (κ3) is 7.37. The Morgan fingerprint density at radius 2 is 1.52 bits per heavy atom. The van der Waals surface area contributed by atoms with Crippen LogP contribution in [-0.4, -0.2) is 22.9 Å². The minimum absolute atomic E-state index is 0.0204. The lowest BCUT2D eigenvalue weighted by Crippen LogP contribution is -2.14. The minimum atomic E-state index is -0.536. The van der Waals surface area contributed by atoms with E-state index in [1.165, 1.54) is 6.08 Å². The van der Waals surface area contributed by atoms with Gasteiger partial charge < -0.3 is 14.9 Å². The molecule has 0 aromatic rings. The highest BCUT2D eigenvalue weighted by Crippen LogP contribution is 2.34. The molecule has 0 bridgehead atoms. The molecule has 0 amide bonds. The molecule has 0 saturated heterocycles. The maximum Gasteiger partial charge on any atom is 0.114 e. The average Bonchev–Trinajstić information content (AvgIpc) is 2.39. The van der Waals surface area contributed by atoms with Gasteiger partial charge in [-0.15, -0.1) is 0 Å². The first-order chi connectivity index (χ1) is 9.57. The Morgan fingerprint density at radius 3 is 1.95 bits per heavy atom. The number of aliphatic hydroxyl groups is 2. The standard InChI is InChI=1S/C18H26O3/c1-13(8-10-15(3)19)18(6,7)14(2)9-11-17(5)21-12-16(4)20/h8-11,16,19-20H,1-3,5,12H2,4,6-7H3/b10-8-,11-9-. The molecule has 1 unspecified atom stereocenters. The summed E-state index contributed by atoms with van der Waals surface area (Å²) in [6, 6.07) is 0. The van der Waals surface area contributed by atoms with Gasteiger partial charge in [-0.2, -0.15) is 0 Å². The van der Waals surface area contributed by atoms with Gasteiger partial charge >= 0.3 is 0 Å². The number of ether oxygens (including phenoxy) is 1. The third-order valence-corrected chi connectivity index (χ3v) is 3.06. The van der Waals surface area contributed by atoms with Crippen LogP contribution in [0.2, 0.25) is 0 Å². The quantitative estimate of drug-likeness (QED) is 0.494. The summed E-state index contributed by atoms with van der Waals surface area (Å²) in [5, 5.41) is 18.2. The molecule has 0 aliphatic heterocycles. The Hall–Kier alpha value is -2.00. The normalized spacial score (nSPS) is 13.3. The van der Waals surface area contributed by atoms with Crippen LogP contribution in [0, 0.1) is 5.41 Å². The summed E-state index contributed by atoms with van der Waals surface area (Å²) in [5.74, 6) is 0.436. The molecule has 0 aromatic heterocycles. The molecule has 0 spiro atoms. The van der Waals surface area contributed by atoms with Crippen LogP contribution >= 0.6 is 0 Å². The highest BCUT2D eigenvalue weighted by Gasteiger charge is 2.22. The summed E-state index contributed by atoms with van der Waals surface area (Å²) >= 11 is 0. The number of rotatable bonds is 9. The molecule has 2 N–H and O–H groups in total. The molecule has 0 saturated carbocycles. The van der Waals surface area contributed by atoms with E-state index >= 15 is 0 Å². The molecule has 0 radical (unpaired) electrons. The second-order valence-corrected chi connectivity index (χ2v) is 5.46. The van der Waals surface area contributed by atoms with Crippen LogP contribution < -0.4 is 0 Å². The van der Waals surface area contributed by atoms with Gasteiger partial charge in [-0.1, -0.05) is 52.3 Å². The van der Waals surface area contributed by atoms with Gasteiger partial charge in [0.15, 0.2) is 0 Å². The zero-order valence-electron chi connectivity index (χ0n) is 13.2. The largest absolute Gasteiger partial charge is 0.509 e. The van der Waals surface area contributed by atoms with Crippen molar-refractivity contribution in [2.24, 2.45) is 5.41 Å². The molecule has 116 valence electrons. The van der Waals surface area contributed by atoms with Gasteiger partial charge in [0, 0.05) is 5.41 Å². The van der Waals surface area contributed by atoms with E-state index in [1.807, 2.05) is 13.8 Å². The van der Waals surface area contributed by atoms with E-state index in [-0.39, 0.29) is 17.8 Å². The zero-order valence-corrected chi connectivity index (χ0v) is 13.2. The molecule has 0 rings (SSSR count). The minimum Gasteiger partial charge on any atom is -0.509 e. The van der Waals surface area contributed by atoms with Gasteiger partial charge in [-0.3, -0.25) is 0 Å². The topological polar surface area (TPSA) is 49.7 Å². The van der Waals surface area contributed by atoms with Crippen LogP contribution in [0.15, 0.2) is 73.3 Å². The predicted octanol–water partition coefficient (Wildman–Crippen LogP) is 4.22. The molecule has 21 heavy (non-hydrogen) atoms. The van der Waals surface area contributed by atoms with Crippen molar-refractivity contribution in [1.29, 1.82) is 0 Å². The van der Waals surface area contributed by atoms with Crippen molar-refractivity contribution in [2.45, 2.75) is 26.9 Å². The smallest absolute Gasteiger partial charge is 0.114 e. The maximum atomic E-state index is 9.13. The Labute approximate surface area is 128 Å². The van der Waals surface area contributed by atoms with Crippen molar-refractivity contribution in [1.82, 2.24) is 0 Å². The van der Waals surface area contributed by atoms with Gasteiger partial charge in [-0.05, 0) is 30.2 Å². The van der Waals surface area contributed by atoms with Crippen LogP contribution in [0.25, 0.3) is 0 Å². The molecule has 0 fully saturated rings. The van der Waals surface area contributed by atoms with Crippen molar-refractivity contribution >= 4 is 0 Å². The fraction of sp³-hybridized carbons (Fsp3) is 0.333. The summed E-state index contributed by atoms with van der Waals surface area (Å²) in [7, 11) is 0. The number of allylic oxidation sites excluding steroid dienone is 6. The summed E-state index contributed by atoms with van der Waals surface area (Å²) in [5.41, 5.74) is 1.23. The first kappa shape index (κ1) is 19.0. The third-order valence-electron chi connectivity index (χ3n) is 3.06. The van der Waals surface area contributed by atoms with Gasteiger partial charge in [0.25, 0.3) is 0 Å². The first-order valence-corrected chi connectivity index (χ1v) is 6.70. The highest BCUT2D eigenvalue weighted by molar-refractivity contribution is 5.39. The molecule has 1 atom stereocenters. The molecule has 0 aliphatic carbocycles. The zero-order chi connectivity index (χ0) is 16.6. The Balaban J connectivity index is 4.72. The van der Waals surface area contributed by atoms with E-state index in [0.717, 1.165) is 11.1 Å². The summed E-state index contributed by atoms with van der Waals surface area (Å²) < 4.78 is 5.25. The fourth-order valence-electron chi connectivity index (χ4n) is 1.29. The molecule has 0 aromatic carbocycles. The van der Waals surface area contributed by atoms with E-state index in [0.29, 0.717) is 5.76 Å². The van der Waals surface area contributed by atoms with Crippen LogP contribution in [-0.2, 0) is 4.74 Å². The second-order valence-electron chi connectivity index (χ2n) is 5.46. The van der Waals surface area contributed by atoms with Gasteiger partial charge in [-0.25, -0.2) is 0 Å². The average molecular weight is 290 g/mol. The molecule has 0 aliphatic rings. The van der Waals surface area contributed by atoms with Crippen LogP contribution in [0.4, 0.5) is 0 Å². The number of hydrogen-bond acceptors (Lipinski definition) is 3. The Kier molecular flexibility index (Phi) is 7.53. The summed E-state index contributed by atoms with van der Waals surface area (Å²) in [6.07, 6.45) is 6.17. The molecule has 3 heteroatoms. The Morgan fingerprint density at radius 1 is 1.05 bits per heavy atom. The maximum absolute atomic E-state index is 9.13. The van der Waals surface area contributed by atoms with Crippen molar-refractivity contribution in [3.63, 3.8) is 0 Å². The van der Waals surface area contributed by atoms with E-state index in [1.54, 1.807) is 25.2 Å². The summed E-state index contributed by atoms with van der Waals surface area (Å²) in [4.78, 5) is 0. The van der Waals surface area contributed by atoms with Crippen LogP contribution in [0.5, 0.6) is 0 Å². The van der Waals surface area contributed by atoms with Crippen molar-refractivity contribution in [2.75, 3.05) is 6.61 Å². The van der Waals surface area contributed by atoms with Crippen molar-refractivity contribution in [3.8, 4) is 0 Å². The number of aliphatic hydroxyl groups excluding tert-OH is 2. The molecule has 0 heterocycles. The van der Waals surface area contributed by atoms with E-state index in [9.17, 15) is 0 Å². The van der Waals surface area contributed by atoms with Crippen molar-refractivity contribution in [3.05, 3.63) is 73.3 Å². The van der Waals surface area contributed by atoms with Crippen molar-refractivity contribution < 1.29 is 14.9 Å². The lowest BCUT2D eigenvalue weighted by Gasteiger charge is -2.26. The highest BCUT2D eigenvalue weighted by atomic mass is 16.5. The molecule has 3 nitrogen and oxygen atoms in total. The van der Waals surface area contributed by atoms with E-state index in [2.05, 4.69) is 26.3 Å². The van der Waals surface area contributed by atoms with Gasteiger partial charge in [0.05, 0.1) is 6.10 Å². The lowest BCUT2D eigenvalue weighted by molar-refractivity contribution is 0.0888. The SMILES string of the molecule is C=C(O)/C=C\C(=C)C(C)(C)C(=C)/C=C\C(=C)OCC(C)O. The first-order valence-electron chi connectivity index (χ1n) is 6.70. The van der Waals surface area contributed by atoms with Gasteiger partial charge in [0.1, 0.15) is 18.1 Å². The molecular formula is C18H26O3. The lowest BCUT2D eigenvalue weighted by atomic mass is 9.78. The molecular weight excluding hydrogens is 264 g/mol. The van der Waals surface area contributed by atoms with E-state index < -0.39 is 6.10 Å². The van der Waals surface area contributed by atoms with Gasteiger partial charge in [0.2, 0.25) is 0 Å². The predicted molar refractivity (Wildman–Crippen MR) is 88.9 cm³/mol. The van der Waals surface area contributed by atoms with Crippen LogP contribution in [0.3, 0.4) is 0 Å². The second kappa shape index (κ2) is 8.32. The number of hydrogen-bond donors (Lipinski definition) is 2. The monoisotopic (exact) mass is 290 g/mol. The Bertz CT molecular complexity index is 477. The van der Waals surface area contributed by atoms with E-state index in [4.69, 9.17) is 14.9 Å². The van der Waals surface area contributed by atoms with Crippen LogP contribution in [0.1, 0.15) is 20.8 Å². The summed E-state index contributed by atoms with van der Waals surface area (Å²) in [6.45, 7) is 20.9. The fourth-order valence-corrected chi connectivity index (χ4v) is 1.29.